The molecule has 3 aromatic rings. The van der Waals surface area contributed by atoms with Gasteiger partial charge in [-0.15, -0.1) is 11.3 Å². The molecule has 118 valence electrons. The Morgan fingerprint density at radius 1 is 1.22 bits per heavy atom. The molecule has 0 radical (unpaired) electrons. The van der Waals surface area contributed by atoms with Crippen molar-refractivity contribution in [2.75, 3.05) is 0 Å². The molecule has 0 N–H and O–H groups in total. The molecule has 0 aliphatic rings. The quantitative estimate of drug-likeness (QED) is 0.571. The van der Waals surface area contributed by atoms with Crippen molar-refractivity contribution < 1.29 is 9.21 Å². The molecule has 0 aliphatic carbocycles. The Labute approximate surface area is 150 Å². The van der Waals surface area contributed by atoms with Crippen LogP contribution < -0.4 is 4.80 Å². The van der Waals surface area contributed by atoms with E-state index in [1.54, 1.807) is 28.8 Å². The molecule has 0 unspecified atom stereocenters. The lowest BCUT2D eigenvalue weighted by Crippen LogP contribution is -2.17. The third kappa shape index (κ3) is 3.23. The Morgan fingerprint density at radius 2 is 1.96 bits per heavy atom. The summed E-state index contributed by atoms with van der Waals surface area (Å²) < 4.78 is 6.81. The number of amides is 1. The topological polar surface area (TPSA) is 47.5 Å². The SMILES string of the molecule is Cc1csc(=NC(=O)c2ccco2)n1-c1cc(Cl)c(Cl)cc1Cl. The van der Waals surface area contributed by atoms with E-state index in [-0.39, 0.29) is 5.76 Å². The highest BCUT2D eigenvalue weighted by Gasteiger charge is 2.13. The molecule has 23 heavy (non-hydrogen) atoms. The molecule has 0 saturated carbocycles. The number of benzene rings is 1. The highest BCUT2D eigenvalue weighted by molar-refractivity contribution is 7.07. The lowest BCUT2D eigenvalue weighted by Gasteiger charge is -2.09. The Balaban J connectivity index is 2.17. The number of hydrogen-bond acceptors (Lipinski definition) is 3. The van der Waals surface area contributed by atoms with Crippen molar-refractivity contribution in [1.82, 2.24) is 4.57 Å². The smallest absolute Gasteiger partial charge is 0.315 e. The number of aryl methyl sites for hydroxylation is 1. The minimum atomic E-state index is -0.471. The summed E-state index contributed by atoms with van der Waals surface area (Å²) in [7, 11) is 0. The predicted octanol–water partition coefficient (Wildman–Crippen LogP) is 5.14. The van der Waals surface area contributed by atoms with Crippen molar-refractivity contribution in [3.63, 3.8) is 0 Å². The first-order valence-electron chi connectivity index (χ1n) is 6.42. The van der Waals surface area contributed by atoms with E-state index in [0.29, 0.717) is 25.6 Å². The van der Waals surface area contributed by atoms with E-state index in [2.05, 4.69) is 4.99 Å². The molecule has 4 nitrogen and oxygen atoms in total. The second-order valence-electron chi connectivity index (χ2n) is 4.61. The first-order chi connectivity index (χ1) is 11.0. The minimum absolute atomic E-state index is 0.169. The normalized spacial score (nSPS) is 11.9. The molecular formula is C15H9Cl3N2O2S. The van der Waals surface area contributed by atoms with Gasteiger partial charge < -0.3 is 4.42 Å². The molecular weight excluding hydrogens is 379 g/mol. The number of carbonyl (C=O) groups excluding carboxylic acids is 1. The van der Waals surface area contributed by atoms with E-state index >= 15 is 0 Å². The Kier molecular flexibility index (Phi) is 4.64. The van der Waals surface area contributed by atoms with Crippen LogP contribution in [-0.2, 0) is 0 Å². The number of carbonyl (C=O) groups is 1. The zero-order valence-electron chi connectivity index (χ0n) is 11.7. The van der Waals surface area contributed by atoms with E-state index in [1.807, 2.05) is 12.3 Å². The monoisotopic (exact) mass is 386 g/mol. The van der Waals surface area contributed by atoms with Crippen LogP contribution in [0.5, 0.6) is 0 Å². The fraction of sp³-hybridized carbons (Fsp3) is 0.0667. The second kappa shape index (κ2) is 6.53. The molecule has 0 saturated heterocycles. The summed E-state index contributed by atoms with van der Waals surface area (Å²) in [5.41, 5.74) is 1.46. The van der Waals surface area contributed by atoms with E-state index in [1.165, 1.54) is 17.6 Å². The van der Waals surface area contributed by atoms with Crippen molar-refractivity contribution >= 4 is 52.0 Å². The molecule has 0 aliphatic heterocycles. The number of thiazole rings is 1. The fourth-order valence-corrected chi connectivity index (χ4v) is 3.48. The number of nitrogens with zero attached hydrogens (tertiary/aromatic N) is 2. The van der Waals surface area contributed by atoms with E-state index in [0.717, 1.165) is 5.69 Å². The van der Waals surface area contributed by atoms with Gasteiger partial charge in [-0.25, -0.2) is 0 Å². The van der Waals surface area contributed by atoms with Crippen LogP contribution in [0, 0.1) is 6.92 Å². The van der Waals surface area contributed by atoms with Crippen LogP contribution in [0.4, 0.5) is 0 Å². The standard InChI is InChI=1S/C15H9Cl3N2O2S/c1-8-7-23-15(19-14(21)13-3-2-4-22-13)20(8)12-6-10(17)9(16)5-11(12)18/h2-7H,1H3. The summed E-state index contributed by atoms with van der Waals surface area (Å²) in [6, 6.07) is 6.39. The molecule has 3 rings (SSSR count). The van der Waals surface area contributed by atoms with Crippen LogP contribution in [0.3, 0.4) is 0 Å². The maximum absolute atomic E-state index is 12.1. The molecule has 0 fully saturated rings. The van der Waals surface area contributed by atoms with Gasteiger partial charge in [-0.05, 0) is 31.2 Å². The average Bonchev–Trinajstić information content (AvgIpc) is 3.14. The van der Waals surface area contributed by atoms with E-state index < -0.39 is 5.91 Å². The summed E-state index contributed by atoms with van der Waals surface area (Å²) in [5.74, 6) is -0.301. The van der Waals surface area contributed by atoms with Gasteiger partial charge in [0.15, 0.2) is 10.6 Å². The van der Waals surface area contributed by atoms with Gasteiger partial charge in [0.2, 0.25) is 0 Å². The molecule has 2 heterocycles. The van der Waals surface area contributed by atoms with Crippen LogP contribution in [0.2, 0.25) is 15.1 Å². The summed E-state index contributed by atoms with van der Waals surface area (Å²) in [6.07, 6.45) is 1.42. The van der Waals surface area contributed by atoms with Gasteiger partial charge in [-0.3, -0.25) is 9.36 Å². The molecule has 0 atom stereocenters. The largest absolute Gasteiger partial charge is 0.459 e. The summed E-state index contributed by atoms with van der Waals surface area (Å²) in [4.78, 5) is 16.7. The highest BCUT2D eigenvalue weighted by Crippen LogP contribution is 2.31. The number of halogens is 3. The Morgan fingerprint density at radius 3 is 2.65 bits per heavy atom. The van der Waals surface area contributed by atoms with E-state index in [9.17, 15) is 4.79 Å². The predicted molar refractivity (Wildman–Crippen MR) is 92.0 cm³/mol. The lowest BCUT2D eigenvalue weighted by molar-refractivity contribution is 0.0971. The average molecular weight is 388 g/mol. The van der Waals surface area contributed by atoms with Crippen molar-refractivity contribution in [2.24, 2.45) is 4.99 Å². The van der Waals surface area contributed by atoms with Crippen LogP contribution >= 0.6 is 46.1 Å². The molecule has 0 bridgehead atoms. The Bertz CT molecular complexity index is 942. The van der Waals surface area contributed by atoms with Crippen molar-refractivity contribution in [2.45, 2.75) is 6.92 Å². The number of rotatable bonds is 2. The highest BCUT2D eigenvalue weighted by atomic mass is 35.5. The van der Waals surface area contributed by atoms with Crippen molar-refractivity contribution in [3.05, 3.63) is 67.2 Å². The third-order valence-electron chi connectivity index (χ3n) is 3.04. The van der Waals surface area contributed by atoms with Crippen LogP contribution in [0.15, 0.2) is 45.3 Å². The molecule has 1 aromatic carbocycles. The maximum atomic E-state index is 12.1. The van der Waals surface area contributed by atoms with E-state index in [4.69, 9.17) is 39.2 Å². The zero-order chi connectivity index (χ0) is 16.6. The second-order valence-corrected chi connectivity index (χ2v) is 6.67. The van der Waals surface area contributed by atoms with Gasteiger partial charge in [-0.2, -0.15) is 4.99 Å². The maximum Gasteiger partial charge on any atom is 0.315 e. The number of furan rings is 1. The fourth-order valence-electron chi connectivity index (χ4n) is 1.99. The van der Waals surface area contributed by atoms with Gasteiger partial charge in [0.05, 0.1) is 27.0 Å². The van der Waals surface area contributed by atoms with Gasteiger partial charge in [-0.1, -0.05) is 34.8 Å². The molecule has 1 amide bonds. The molecule has 8 heteroatoms. The lowest BCUT2D eigenvalue weighted by atomic mass is 10.3. The van der Waals surface area contributed by atoms with Gasteiger partial charge in [0.1, 0.15) is 0 Å². The first kappa shape index (κ1) is 16.3. The Hall–Kier alpha value is -1.53. The van der Waals surface area contributed by atoms with Crippen LogP contribution in [-0.4, -0.2) is 10.5 Å². The zero-order valence-corrected chi connectivity index (χ0v) is 14.8. The third-order valence-corrected chi connectivity index (χ3v) is 5.01. The van der Waals surface area contributed by atoms with Crippen molar-refractivity contribution in [1.29, 1.82) is 0 Å². The van der Waals surface area contributed by atoms with Gasteiger partial charge in [0, 0.05) is 11.1 Å². The van der Waals surface area contributed by atoms with Crippen molar-refractivity contribution in [3.8, 4) is 5.69 Å². The van der Waals surface area contributed by atoms with Crippen LogP contribution in [0.25, 0.3) is 5.69 Å². The molecule has 2 aromatic heterocycles. The minimum Gasteiger partial charge on any atom is -0.459 e. The summed E-state index contributed by atoms with van der Waals surface area (Å²) in [5, 5.41) is 3.01. The molecule has 0 spiro atoms. The number of hydrogen-bond donors (Lipinski definition) is 0. The van der Waals surface area contributed by atoms with Gasteiger partial charge in [0.25, 0.3) is 0 Å². The first-order valence-corrected chi connectivity index (χ1v) is 8.43. The summed E-state index contributed by atoms with van der Waals surface area (Å²) >= 11 is 19.6. The van der Waals surface area contributed by atoms with Gasteiger partial charge >= 0.3 is 5.91 Å². The van der Waals surface area contributed by atoms with Crippen LogP contribution in [0.1, 0.15) is 16.2 Å². The number of aromatic nitrogens is 1. The summed E-state index contributed by atoms with van der Waals surface area (Å²) in [6.45, 7) is 1.88.